The number of nitrogens with zero attached hydrogens (tertiary/aromatic N) is 2. The molecule has 88 valence electrons. The van der Waals surface area contributed by atoms with Gasteiger partial charge in [0.1, 0.15) is 0 Å². The largest absolute Gasteiger partial charge is 0.309 e. The van der Waals surface area contributed by atoms with Crippen LogP contribution in [-0.2, 0) is 0 Å². The molecule has 0 heterocycles. The molecule has 0 aliphatic carbocycles. The van der Waals surface area contributed by atoms with Gasteiger partial charge in [0.2, 0.25) is 0 Å². The highest BCUT2D eigenvalue weighted by Crippen LogP contribution is 2.22. The third-order valence-corrected chi connectivity index (χ3v) is 2.77. The molecule has 0 radical (unpaired) electrons. The molecule has 0 aromatic heterocycles. The van der Waals surface area contributed by atoms with Crippen LogP contribution >= 0.6 is 23.2 Å². The van der Waals surface area contributed by atoms with Gasteiger partial charge < -0.3 is 4.90 Å². The Morgan fingerprint density at radius 2 is 1.88 bits per heavy atom. The zero-order valence-electron chi connectivity index (χ0n) is 9.58. The average Bonchev–Trinajstić information content (AvgIpc) is 2.21. The van der Waals surface area contributed by atoms with E-state index in [-0.39, 0.29) is 0 Å². The van der Waals surface area contributed by atoms with E-state index in [0.717, 1.165) is 25.1 Å². The van der Waals surface area contributed by atoms with Crippen LogP contribution in [0.3, 0.4) is 0 Å². The summed E-state index contributed by atoms with van der Waals surface area (Å²) in [5.74, 6) is 0. The van der Waals surface area contributed by atoms with Gasteiger partial charge in [0, 0.05) is 18.3 Å². The van der Waals surface area contributed by atoms with Gasteiger partial charge in [0.05, 0.1) is 10.0 Å². The zero-order valence-corrected chi connectivity index (χ0v) is 11.1. The molecule has 0 atom stereocenters. The zero-order chi connectivity index (χ0) is 12.0. The summed E-state index contributed by atoms with van der Waals surface area (Å²) in [6.07, 6.45) is 2.78. The number of rotatable bonds is 5. The summed E-state index contributed by atoms with van der Waals surface area (Å²) in [5.41, 5.74) is 0.802. The topological polar surface area (TPSA) is 15.6 Å². The van der Waals surface area contributed by atoms with Gasteiger partial charge in [-0.2, -0.15) is 0 Å². The summed E-state index contributed by atoms with van der Waals surface area (Å²) in [6.45, 7) is 1.83. The van der Waals surface area contributed by atoms with Gasteiger partial charge in [-0.15, -0.1) is 0 Å². The van der Waals surface area contributed by atoms with Crippen LogP contribution in [0.4, 0.5) is 0 Å². The first-order valence-corrected chi connectivity index (χ1v) is 5.95. The van der Waals surface area contributed by atoms with E-state index >= 15 is 0 Å². The summed E-state index contributed by atoms with van der Waals surface area (Å²) in [5, 5.41) is 1.28. The first-order chi connectivity index (χ1) is 7.61. The van der Waals surface area contributed by atoms with E-state index in [0.29, 0.717) is 10.0 Å². The normalized spacial score (nSPS) is 11.6. The Morgan fingerprint density at radius 1 is 1.25 bits per heavy atom. The second-order valence-electron chi connectivity index (χ2n) is 3.83. The molecule has 0 saturated carbocycles. The second-order valence-corrected chi connectivity index (χ2v) is 4.64. The lowest BCUT2D eigenvalue weighted by molar-refractivity contribution is 0.403. The Bertz CT molecular complexity index is 342. The lowest BCUT2D eigenvalue weighted by atomic mass is 10.2. The molecule has 0 N–H and O–H groups in total. The van der Waals surface area contributed by atoms with Crippen LogP contribution in [0.2, 0.25) is 10.0 Å². The summed E-state index contributed by atoms with van der Waals surface area (Å²) in [6, 6.07) is 5.46. The summed E-state index contributed by atoms with van der Waals surface area (Å²) in [4.78, 5) is 6.45. The van der Waals surface area contributed by atoms with Crippen LogP contribution in [0.15, 0.2) is 23.2 Å². The fourth-order valence-electron chi connectivity index (χ4n) is 1.27. The van der Waals surface area contributed by atoms with Crippen molar-refractivity contribution in [2.45, 2.75) is 6.42 Å². The van der Waals surface area contributed by atoms with Crippen LogP contribution in [0.5, 0.6) is 0 Å². The maximum Gasteiger partial charge on any atom is 0.0508 e. The van der Waals surface area contributed by atoms with Gasteiger partial charge in [-0.1, -0.05) is 29.3 Å². The molecule has 0 fully saturated rings. The van der Waals surface area contributed by atoms with E-state index in [9.17, 15) is 0 Å². The lowest BCUT2D eigenvalue weighted by Gasteiger charge is -2.06. The monoisotopic (exact) mass is 258 g/mol. The molecule has 4 heteroatoms. The maximum atomic E-state index is 6.01. The lowest BCUT2D eigenvalue weighted by Crippen LogP contribution is -2.13. The van der Waals surface area contributed by atoms with Crippen molar-refractivity contribution in [1.82, 2.24) is 4.90 Å². The molecule has 1 rings (SSSR count). The maximum absolute atomic E-state index is 6.01. The quantitative estimate of drug-likeness (QED) is 0.584. The van der Waals surface area contributed by atoms with Crippen molar-refractivity contribution in [3.63, 3.8) is 0 Å². The highest BCUT2D eigenvalue weighted by atomic mass is 35.5. The SMILES string of the molecule is CN(C)CCCN=Cc1c(Cl)cccc1Cl. The van der Waals surface area contributed by atoms with Crippen molar-refractivity contribution in [2.24, 2.45) is 4.99 Å². The van der Waals surface area contributed by atoms with Gasteiger partial charge >= 0.3 is 0 Å². The van der Waals surface area contributed by atoms with Crippen molar-refractivity contribution in [3.8, 4) is 0 Å². The fraction of sp³-hybridized carbons (Fsp3) is 0.417. The Labute approximate surface area is 107 Å². The molecule has 1 aromatic rings. The predicted molar refractivity (Wildman–Crippen MR) is 72.1 cm³/mol. The van der Waals surface area contributed by atoms with E-state index in [2.05, 4.69) is 24.0 Å². The molecule has 0 saturated heterocycles. The van der Waals surface area contributed by atoms with Gasteiger partial charge in [0.25, 0.3) is 0 Å². The Balaban J connectivity index is 2.50. The van der Waals surface area contributed by atoms with Gasteiger partial charge in [-0.25, -0.2) is 0 Å². The van der Waals surface area contributed by atoms with Crippen molar-refractivity contribution in [1.29, 1.82) is 0 Å². The molecule has 0 aliphatic heterocycles. The predicted octanol–water partition coefficient (Wildman–Crippen LogP) is 3.36. The average molecular weight is 259 g/mol. The standard InChI is InChI=1S/C12H16Cl2N2/c1-16(2)8-4-7-15-9-10-11(13)5-3-6-12(10)14/h3,5-6,9H,4,7-8H2,1-2H3. The molecule has 0 bridgehead atoms. The van der Waals surface area contributed by atoms with Gasteiger partial charge in [-0.3, -0.25) is 4.99 Å². The van der Waals surface area contributed by atoms with Crippen molar-refractivity contribution in [2.75, 3.05) is 27.2 Å². The third kappa shape index (κ3) is 4.52. The van der Waals surface area contributed by atoms with Crippen LogP contribution in [0, 0.1) is 0 Å². The van der Waals surface area contributed by atoms with E-state index in [1.807, 2.05) is 18.2 Å². The van der Waals surface area contributed by atoms with Crippen LogP contribution in [0.1, 0.15) is 12.0 Å². The van der Waals surface area contributed by atoms with Gasteiger partial charge in [-0.05, 0) is 39.2 Å². The Hall–Kier alpha value is -0.570. The Kier molecular flexibility index (Phi) is 5.81. The number of hydrogen-bond acceptors (Lipinski definition) is 2. The first-order valence-electron chi connectivity index (χ1n) is 5.20. The third-order valence-electron chi connectivity index (χ3n) is 2.11. The molecule has 0 aliphatic rings. The number of benzene rings is 1. The van der Waals surface area contributed by atoms with Gasteiger partial charge in [0.15, 0.2) is 0 Å². The van der Waals surface area contributed by atoms with Crippen molar-refractivity contribution in [3.05, 3.63) is 33.8 Å². The molecule has 0 spiro atoms. The molecule has 1 aromatic carbocycles. The molecule has 16 heavy (non-hydrogen) atoms. The van der Waals surface area contributed by atoms with E-state index in [1.54, 1.807) is 6.21 Å². The second kappa shape index (κ2) is 6.89. The van der Waals surface area contributed by atoms with E-state index < -0.39 is 0 Å². The minimum atomic E-state index is 0.642. The molecule has 0 unspecified atom stereocenters. The number of hydrogen-bond donors (Lipinski definition) is 0. The summed E-state index contributed by atoms with van der Waals surface area (Å²) < 4.78 is 0. The van der Waals surface area contributed by atoms with Crippen LogP contribution < -0.4 is 0 Å². The van der Waals surface area contributed by atoms with Crippen molar-refractivity contribution < 1.29 is 0 Å². The highest BCUT2D eigenvalue weighted by Gasteiger charge is 2.01. The highest BCUT2D eigenvalue weighted by molar-refractivity contribution is 6.38. The Morgan fingerprint density at radius 3 is 2.44 bits per heavy atom. The molecular formula is C12H16Cl2N2. The number of aliphatic imine (C=N–C) groups is 1. The first kappa shape index (κ1) is 13.5. The number of halogens is 2. The van der Waals surface area contributed by atoms with E-state index in [1.165, 1.54) is 0 Å². The molecule has 0 amide bonds. The summed E-state index contributed by atoms with van der Waals surface area (Å²) >= 11 is 12.0. The minimum absolute atomic E-state index is 0.642. The molecular weight excluding hydrogens is 243 g/mol. The molecule has 2 nitrogen and oxygen atoms in total. The fourth-order valence-corrected chi connectivity index (χ4v) is 1.76. The summed E-state index contributed by atoms with van der Waals surface area (Å²) in [7, 11) is 4.10. The van der Waals surface area contributed by atoms with E-state index in [4.69, 9.17) is 23.2 Å². The smallest absolute Gasteiger partial charge is 0.0508 e. The van der Waals surface area contributed by atoms with Crippen LogP contribution in [-0.4, -0.2) is 38.3 Å². The van der Waals surface area contributed by atoms with Crippen molar-refractivity contribution >= 4 is 29.4 Å². The minimum Gasteiger partial charge on any atom is -0.309 e. The van der Waals surface area contributed by atoms with Crippen LogP contribution in [0.25, 0.3) is 0 Å².